The summed E-state index contributed by atoms with van der Waals surface area (Å²) >= 11 is 0. The normalized spacial score (nSPS) is 21.3. The van der Waals surface area contributed by atoms with Gasteiger partial charge in [0.1, 0.15) is 0 Å². The molecule has 1 N–H and O–H groups in total. The maximum atomic E-state index is 12.6. The van der Waals surface area contributed by atoms with E-state index in [2.05, 4.69) is 4.72 Å². The van der Waals surface area contributed by atoms with Gasteiger partial charge in [-0.1, -0.05) is 12.1 Å². The molecule has 3 rings (SSSR count). The standard InChI is InChI=1S/C18H25N3O4S/c1-26(24,25)19-15-4-2-10-20(13-15)18(23)12-14-6-8-16(9-7-14)21-11-3-5-17(21)22/h6-9,15,19H,2-5,10-13H2,1H3/t15-/m0/s1. The highest BCUT2D eigenvalue weighted by Crippen LogP contribution is 2.22. The summed E-state index contributed by atoms with van der Waals surface area (Å²) in [6.45, 7) is 1.81. The van der Waals surface area contributed by atoms with E-state index in [9.17, 15) is 18.0 Å². The van der Waals surface area contributed by atoms with Crippen LogP contribution in [0.2, 0.25) is 0 Å². The van der Waals surface area contributed by atoms with Crippen molar-refractivity contribution in [3.05, 3.63) is 29.8 Å². The average Bonchev–Trinajstić information content (AvgIpc) is 3.00. The molecule has 0 radical (unpaired) electrons. The van der Waals surface area contributed by atoms with Gasteiger partial charge in [-0.15, -0.1) is 0 Å². The molecular formula is C18H25N3O4S. The zero-order valence-corrected chi connectivity index (χ0v) is 15.8. The van der Waals surface area contributed by atoms with Gasteiger partial charge in [-0.25, -0.2) is 13.1 Å². The highest BCUT2D eigenvalue weighted by atomic mass is 32.2. The highest BCUT2D eigenvalue weighted by molar-refractivity contribution is 7.88. The van der Waals surface area contributed by atoms with Crippen LogP contribution in [-0.4, -0.2) is 57.1 Å². The number of benzene rings is 1. The molecule has 7 nitrogen and oxygen atoms in total. The fourth-order valence-corrected chi connectivity index (χ4v) is 4.40. The van der Waals surface area contributed by atoms with Crippen LogP contribution >= 0.6 is 0 Å². The number of amides is 2. The van der Waals surface area contributed by atoms with Gasteiger partial charge in [0.25, 0.3) is 0 Å². The first kappa shape index (κ1) is 18.8. The van der Waals surface area contributed by atoms with Crippen molar-refractivity contribution in [3.8, 4) is 0 Å². The van der Waals surface area contributed by atoms with Crippen molar-refractivity contribution >= 4 is 27.5 Å². The molecule has 2 fully saturated rings. The third-order valence-electron chi connectivity index (χ3n) is 4.83. The molecule has 26 heavy (non-hydrogen) atoms. The van der Waals surface area contributed by atoms with E-state index in [1.807, 2.05) is 24.3 Å². The van der Waals surface area contributed by atoms with Gasteiger partial charge in [-0.3, -0.25) is 9.59 Å². The third kappa shape index (κ3) is 4.82. The molecule has 2 aliphatic heterocycles. The quantitative estimate of drug-likeness (QED) is 0.823. The Kier molecular flexibility index (Phi) is 5.62. The molecule has 2 heterocycles. The predicted octanol–water partition coefficient (Wildman–Crippen LogP) is 0.896. The predicted molar refractivity (Wildman–Crippen MR) is 99.3 cm³/mol. The van der Waals surface area contributed by atoms with E-state index in [4.69, 9.17) is 0 Å². The number of rotatable bonds is 5. The van der Waals surface area contributed by atoms with Gasteiger partial charge in [-0.05, 0) is 37.0 Å². The maximum Gasteiger partial charge on any atom is 0.227 e. The van der Waals surface area contributed by atoms with E-state index < -0.39 is 10.0 Å². The number of carbonyl (C=O) groups is 2. The van der Waals surface area contributed by atoms with Crippen LogP contribution in [0.4, 0.5) is 5.69 Å². The number of likely N-dealkylation sites (tertiary alicyclic amines) is 1. The maximum absolute atomic E-state index is 12.6. The smallest absolute Gasteiger partial charge is 0.227 e. The molecule has 0 bridgehead atoms. The van der Waals surface area contributed by atoms with Crippen molar-refractivity contribution in [1.29, 1.82) is 0 Å². The van der Waals surface area contributed by atoms with E-state index in [0.29, 0.717) is 19.5 Å². The molecule has 1 aromatic carbocycles. The number of anilines is 1. The summed E-state index contributed by atoms with van der Waals surface area (Å²) in [5.41, 5.74) is 1.77. The van der Waals surface area contributed by atoms with Crippen molar-refractivity contribution in [2.24, 2.45) is 0 Å². The van der Waals surface area contributed by atoms with Crippen LogP contribution in [0.5, 0.6) is 0 Å². The Morgan fingerprint density at radius 2 is 1.92 bits per heavy atom. The zero-order valence-electron chi connectivity index (χ0n) is 15.0. The second-order valence-electron chi connectivity index (χ2n) is 7.06. The Morgan fingerprint density at radius 1 is 1.19 bits per heavy atom. The van der Waals surface area contributed by atoms with E-state index in [0.717, 1.165) is 43.3 Å². The molecule has 0 saturated carbocycles. The molecule has 8 heteroatoms. The van der Waals surface area contributed by atoms with Crippen molar-refractivity contribution in [1.82, 2.24) is 9.62 Å². The summed E-state index contributed by atoms with van der Waals surface area (Å²) in [4.78, 5) is 27.8. The number of nitrogens with one attached hydrogen (secondary N) is 1. The van der Waals surface area contributed by atoms with Gasteiger partial charge in [-0.2, -0.15) is 0 Å². The topological polar surface area (TPSA) is 86.8 Å². The number of hydrogen-bond donors (Lipinski definition) is 1. The molecule has 142 valence electrons. The summed E-state index contributed by atoms with van der Waals surface area (Å²) < 4.78 is 25.4. The van der Waals surface area contributed by atoms with E-state index in [1.165, 1.54) is 0 Å². The number of piperidine rings is 1. The average molecular weight is 379 g/mol. The Hall–Kier alpha value is -1.93. The minimum Gasteiger partial charge on any atom is -0.341 e. The fraction of sp³-hybridized carbons (Fsp3) is 0.556. The number of nitrogens with zero attached hydrogens (tertiary/aromatic N) is 2. The lowest BCUT2D eigenvalue weighted by atomic mass is 10.0. The Labute approximate surface area is 154 Å². The van der Waals surface area contributed by atoms with E-state index in [-0.39, 0.29) is 24.3 Å². The second kappa shape index (κ2) is 7.75. The molecule has 0 aliphatic carbocycles. The molecule has 0 aromatic heterocycles. The van der Waals surface area contributed by atoms with Gasteiger partial charge in [0.2, 0.25) is 21.8 Å². The molecule has 0 spiro atoms. The molecule has 2 saturated heterocycles. The van der Waals surface area contributed by atoms with Crippen molar-refractivity contribution in [2.45, 2.75) is 38.1 Å². The van der Waals surface area contributed by atoms with Gasteiger partial charge < -0.3 is 9.80 Å². The lowest BCUT2D eigenvalue weighted by molar-refractivity contribution is -0.131. The Bertz CT molecular complexity index is 776. The van der Waals surface area contributed by atoms with Gasteiger partial charge in [0, 0.05) is 37.8 Å². The highest BCUT2D eigenvalue weighted by Gasteiger charge is 2.26. The van der Waals surface area contributed by atoms with Gasteiger partial charge in [0.05, 0.1) is 12.7 Å². The SMILES string of the molecule is CS(=O)(=O)N[C@H]1CCCN(C(=O)Cc2ccc(N3CCCC3=O)cc2)C1. The number of sulfonamides is 1. The summed E-state index contributed by atoms with van der Waals surface area (Å²) in [6.07, 6.45) is 4.43. The Balaban J connectivity index is 1.58. The first-order valence-electron chi connectivity index (χ1n) is 8.96. The fourth-order valence-electron chi connectivity index (χ4n) is 3.60. The summed E-state index contributed by atoms with van der Waals surface area (Å²) in [6, 6.07) is 7.32. The van der Waals surface area contributed by atoms with Crippen molar-refractivity contribution in [3.63, 3.8) is 0 Å². The lowest BCUT2D eigenvalue weighted by Gasteiger charge is -2.32. The molecular weight excluding hydrogens is 354 g/mol. The van der Waals surface area contributed by atoms with E-state index >= 15 is 0 Å². The molecule has 2 amide bonds. The first-order chi connectivity index (χ1) is 12.3. The van der Waals surface area contributed by atoms with Crippen molar-refractivity contribution < 1.29 is 18.0 Å². The summed E-state index contributed by atoms with van der Waals surface area (Å²) in [5.74, 6) is 0.140. The Morgan fingerprint density at radius 3 is 2.54 bits per heavy atom. The second-order valence-corrected chi connectivity index (χ2v) is 8.84. The number of carbonyl (C=O) groups excluding carboxylic acids is 2. The zero-order chi connectivity index (χ0) is 18.7. The summed E-state index contributed by atoms with van der Waals surface area (Å²) in [5, 5.41) is 0. The summed E-state index contributed by atoms with van der Waals surface area (Å²) in [7, 11) is -3.27. The largest absolute Gasteiger partial charge is 0.341 e. The van der Waals surface area contributed by atoms with Crippen LogP contribution in [0.15, 0.2) is 24.3 Å². The molecule has 0 unspecified atom stereocenters. The monoisotopic (exact) mass is 379 g/mol. The molecule has 1 aromatic rings. The third-order valence-corrected chi connectivity index (χ3v) is 5.59. The minimum absolute atomic E-state index is 0.00463. The van der Waals surface area contributed by atoms with Gasteiger partial charge in [0.15, 0.2) is 0 Å². The van der Waals surface area contributed by atoms with Crippen LogP contribution in [0.3, 0.4) is 0 Å². The minimum atomic E-state index is -3.27. The van der Waals surface area contributed by atoms with Crippen molar-refractivity contribution in [2.75, 3.05) is 30.8 Å². The van der Waals surface area contributed by atoms with Crippen LogP contribution in [0.25, 0.3) is 0 Å². The number of hydrogen-bond acceptors (Lipinski definition) is 4. The first-order valence-corrected chi connectivity index (χ1v) is 10.9. The van der Waals surface area contributed by atoms with E-state index in [1.54, 1.807) is 9.80 Å². The molecule has 2 aliphatic rings. The van der Waals surface area contributed by atoms with Crippen LogP contribution in [-0.2, 0) is 26.0 Å². The van der Waals surface area contributed by atoms with Crippen LogP contribution < -0.4 is 9.62 Å². The van der Waals surface area contributed by atoms with Crippen LogP contribution in [0, 0.1) is 0 Å². The molecule has 1 atom stereocenters. The van der Waals surface area contributed by atoms with Crippen LogP contribution in [0.1, 0.15) is 31.2 Å². The lowest BCUT2D eigenvalue weighted by Crippen LogP contribution is -2.49. The van der Waals surface area contributed by atoms with Gasteiger partial charge >= 0.3 is 0 Å².